The topological polar surface area (TPSA) is 29.3 Å². The second-order valence-corrected chi connectivity index (χ2v) is 4.91. The Morgan fingerprint density at radius 1 is 1.50 bits per heavy atom. The van der Waals surface area contributed by atoms with Crippen molar-refractivity contribution < 1.29 is 0 Å². The lowest BCUT2D eigenvalue weighted by molar-refractivity contribution is 0.237. The van der Waals surface area contributed by atoms with E-state index in [-0.39, 0.29) is 0 Å². The Hall–Kier alpha value is -0.340. The summed E-state index contributed by atoms with van der Waals surface area (Å²) in [4.78, 5) is 2.56. The molecule has 2 atom stereocenters. The summed E-state index contributed by atoms with van der Waals surface area (Å²) in [7, 11) is 0. The fraction of sp³-hybridized carbons (Fsp3) is 0.833. The monoisotopic (exact) mass is 194 g/mol. The van der Waals surface area contributed by atoms with Gasteiger partial charge in [0.25, 0.3) is 0 Å². The lowest BCUT2D eigenvalue weighted by atomic mass is 10.0. The standard InChI is InChI=1S/C12H22N2/c1-10-5-7-14(8-6-10)9-11-3-2-4-12(11)13/h5,11-12H,2-4,6-9,13H2,1H3. The van der Waals surface area contributed by atoms with Crippen LogP contribution in [0.5, 0.6) is 0 Å². The predicted molar refractivity (Wildman–Crippen MR) is 60.1 cm³/mol. The SMILES string of the molecule is CC1=CCN(CC2CCCC2N)CC1. The molecule has 2 unspecified atom stereocenters. The number of hydrogen-bond donors (Lipinski definition) is 1. The van der Waals surface area contributed by atoms with E-state index in [4.69, 9.17) is 5.73 Å². The number of nitrogens with two attached hydrogens (primary N) is 1. The molecule has 1 aliphatic heterocycles. The fourth-order valence-corrected chi connectivity index (χ4v) is 2.60. The van der Waals surface area contributed by atoms with Gasteiger partial charge in [0.05, 0.1) is 0 Å². The van der Waals surface area contributed by atoms with Crippen LogP contribution in [0.2, 0.25) is 0 Å². The molecule has 1 heterocycles. The summed E-state index contributed by atoms with van der Waals surface area (Å²) < 4.78 is 0. The first-order chi connectivity index (χ1) is 6.75. The van der Waals surface area contributed by atoms with Crippen molar-refractivity contribution >= 4 is 0 Å². The smallest absolute Gasteiger partial charge is 0.0165 e. The van der Waals surface area contributed by atoms with Gasteiger partial charge in [0.2, 0.25) is 0 Å². The molecule has 2 N–H and O–H groups in total. The van der Waals surface area contributed by atoms with Gasteiger partial charge in [0, 0.05) is 25.7 Å². The Labute approximate surface area is 87.2 Å². The Kier molecular flexibility index (Phi) is 3.24. The fourth-order valence-electron chi connectivity index (χ4n) is 2.60. The van der Waals surface area contributed by atoms with E-state index in [0.717, 1.165) is 12.5 Å². The molecule has 2 rings (SSSR count). The van der Waals surface area contributed by atoms with E-state index in [1.807, 2.05) is 0 Å². The zero-order valence-corrected chi connectivity index (χ0v) is 9.21. The normalized spacial score (nSPS) is 34.6. The van der Waals surface area contributed by atoms with Gasteiger partial charge in [-0.25, -0.2) is 0 Å². The molecule has 0 amide bonds. The van der Waals surface area contributed by atoms with Gasteiger partial charge in [0.15, 0.2) is 0 Å². The summed E-state index contributed by atoms with van der Waals surface area (Å²) in [5.74, 6) is 0.766. The molecule has 0 aromatic heterocycles. The molecular formula is C12H22N2. The molecule has 0 bridgehead atoms. The zero-order chi connectivity index (χ0) is 9.97. The quantitative estimate of drug-likeness (QED) is 0.679. The van der Waals surface area contributed by atoms with Crippen LogP contribution >= 0.6 is 0 Å². The Morgan fingerprint density at radius 2 is 2.36 bits per heavy atom. The van der Waals surface area contributed by atoms with Crippen LogP contribution < -0.4 is 5.73 Å². The summed E-state index contributed by atoms with van der Waals surface area (Å²) in [5.41, 5.74) is 7.63. The van der Waals surface area contributed by atoms with Crippen molar-refractivity contribution in [3.8, 4) is 0 Å². The second-order valence-electron chi connectivity index (χ2n) is 4.91. The molecule has 2 heteroatoms. The highest BCUT2D eigenvalue weighted by atomic mass is 15.1. The third-order valence-electron chi connectivity index (χ3n) is 3.73. The first kappa shape index (κ1) is 10.2. The van der Waals surface area contributed by atoms with Gasteiger partial charge in [-0.1, -0.05) is 18.1 Å². The van der Waals surface area contributed by atoms with Gasteiger partial charge < -0.3 is 5.73 Å². The van der Waals surface area contributed by atoms with Crippen LogP contribution in [0.3, 0.4) is 0 Å². The second kappa shape index (κ2) is 4.45. The van der Waals surface area contributed by atoms with Gasteiger partial charge in [-0.2, -0.15) is 0 Å². The Morgan fingerprint density at radius 3 is 2.93 bits per heavy atom. The minimum Gasteiger partial charge on any atom is -0.327 e. The first-order valence-electron chi connectivity index (χ1n) is 5.89. The van der Waals surface area contributed by atoms with Crippen molar-refractivity contribution in [2.24, 2.45) is 11.7 Å². The Balaban J connectivity index is 1.80. The van der Waals surface area contributed by atoms with Crippen LogP contribution in [-0.4, -0.2) is 30.6 Å². The minimum atomic E-state index is 0.474. The minimum absolute atomic E-state index is 0.474. The third kappa shape index (κ3) is 2.37. The average molecular weight is 194 g/mol. The lowest BCUT2D eigenvalue weighted by Crippen LogP contribution is -2.38. The highest BCUT2D eigenvalue weighted by Crippen LogP contribution is 2.25. The molecule has 80 valence electrons. The van der Waals surface area contributed by atoms with E-state index in [1.165, 1.54) is 38.8 Å². The maximum Gasteiger partial charge on any atom is 0.0165 e. The van der Waals surface area contributed by atoms with E-state index in [2.05, 4.69) is 17.9 Å². The zero-order valence-electron chi connectivity index (χ0n) is 9.21. The summed E-state index contributed by atoms with van der Waals surface area (Å²) >= 11 is 0. The molecule has 1 saturated carbocycles. The molecule has 14 heavy (non-hydrogen) atoms. The molecular weight excluding hydrogens is 172 g/mol. The van der Waals surface area contributed by atoms with Gasteiger partial charge in [-0.3, -0.25) is 4.90 Å². The van der Waals surface area contributed by atoms with Crippen molar-refractivity contribution in [2.45, 2.75) is 38.6 Å². The largest absolute Gasteiger partial charge is 0.327 e. The van der Waals surface area contributed by atoms with E-state index in [0.29, 0.717) is 6.04 Å². The van der Waals surface area contributed by atoms with E-state index in [1.54, 1.807) is 5.57 Å². The first-order valence-corrected chi connectivity index (χ1v) is 5.89. The van der Waals surface area contributed by atoms with Crippen LogP contribution in [-0.2, 0) is 0 Å². The molecule has 0 aromatic carbocycles. The molecule has 0 radical (unpaired) electrons. The van der Waals surface area contributed by atoms with E-state index < -0.39 is 0 Å². The van der Waals surface area contributed by atoms with Gasteiger partial charge in [0.1, 0.15) is 0 Å². The van der Waals surface area contributed by atoms with Crippen molar-refractivity contribution in [3.05, 3.63) is 11.6 Å². The predicted octanol–water partition coefficient (Wildman–Crippen LogP) is 1.77. The number of rotatable bonds is 2. The maximum atomic E-state index is 6.08. The molecule has 2 nitrogen and oxygen atoms in total. The average Bonchev–Trinajstić information content (AvgIpc) is 2.56. The molecule has 0 spiro atoms. The van der Waals surface area contributed by atoms with Crippen LogP contribution in [0.15, 0.2) is 11.6 Å². The van der Waals surface area contributed by atoms with Crippen LogP contribution in [0.4, 0.5) is 0 Å². The van der Waals surface area contributed by atoms with E-state index in [9.17, 15) is 0 Å². The summed E-state index contributed by atoms with van der Waals surface area (Å²) in [6.07, 6.45) is 7.55. The van der Waals surface area contributed by atoms with Crippen molar-refractivity contribution in [1.82, 2.24) is 4.90 Å². The molecule has 2 aliphatic rings. The van der Waals surface area contributed by atoms with Crippen molar-refractivity contribution in [2.75, 3.05) is 19.6 Å². The van der Waals surface area contributed by atoms with Gasteiger partial charge in [-0.05, 0) is 32.1 Å². The molecule has 0 saturated heterocycles. The highest BCUT2D eigenvalue weighted by Gasteiger charge is 2.25. The summed E-state index contributed by atoms with van der Waals surface area (Å²) in [6.45, 7) is 5.85. The van der Waals surface area contributed by atoms with Crippen LogP contribution in [0, 0.1) is 5.92 Å². The summed E-state index contributed by atoms with van der Waals surface area (Å²) in [6, 6.07) is 0.474. The van der Waals surface area contributed by atoms with Crippen LogP contribution in [0.25, 0.3) is 0 Å². The number of nitrogens with zero attached hydrogens (tertiary/aromatic N) is 1. The molecule has 0 aromatic rings. The van der Waals surface area contributed by atoms with Crippen LogP contribution in [0.1, 0.15) is 32.6 Å². The number of hydrogen-bond acceptors (Lipinski definition) is 2. The van der Waals surface area contributed by atoms with E-state index >= 15 is 0 Å². The van der Waals surface area contributed by atoms with Gasteiger partial charge >= 0.3 is 0 Å². The molecule has 1 aliphatic carbocycles. The van der Waals surface area contributed by atoms with Crippen molar-refractivity contribution in [1.29, 1.82) is 0 Å². The summed E-state index contributed by atoms with van der Waals surface area (Å²) in [5, 5.41) is 0. The Bertz CT molecular complexity index is 222. The molecule has 1 fully saturated rings. The highest BCUT2D eigenvalue weighted by molar-refractivity contribution is 5.04. The lowest BCUT2D eigenvalue weighted by Gasteiger charge is -2.29. The van der Waals surface area contributed by atoms with Gasteiger partial charge in [-0.15, -0.1) is 0 Å². The van der Waals surface area contributed by atoms with Crippen molar-refractivity contribution in [3.63, 3.8) is 0 Å². The maximum absolute atomic E-state index is 6.08. The third-order valence-corrected chi connectivity index (χ3v) is 3.73.